The molecule has 76 valence electrons. The van der Waals surface area contributed by atoms with Gasteiger partial charge in [0, 0.05) is 24.4 Å². The molecular weight excluding hydrogens is 182 g/mol. The van der Waals surface area contributed by atoms with E-state index < -0.39 is 0 Å². The summed E-state index contributed by atoms with van der Waals surface area (Å²) in [5.41, 5.74) is 0. The molecule has 1 saturated heterocycles. The highest BCUT2D eigenvalue weighted by molar-refractivity contribution is 8.00. The Balaban J connectivity index is 1.58. The Morgan fingerprint density at radius 1 is 1.54 bits per heavy atom. The van der Waals surface area contributed by atoms with Crippen molar-refractivity contribution in [1.29, 1.82) is 0 Å². The highest BCUT2D eigenvalue weighted by Crippen LogP contribution is 2.46. The van der Waals surface area contributed by atoms with Gasteiger partial charge < -0.3 is 10.1 Å². The maximum atomic E-state index is 5.34. The first-order valence-electron chi connectivity index (χ1n) is 5.18. The lowest BCUT2D eigenvalue weighted by Gasteiger charge is -2.15. The van der Waals surface area contributed by atoms with Crippen molar-refractivity contribution in [3.63, 3.8) is 0 Å². The summed E-state index contributed by atoms with van der Waals surface area (Å²) < 4.78 is 5.95. The van der Waals surface area contributed by atoms with Gasteiger partial charge in [0.1, 0.15) is 0 Å². The lowest BCUT2D eigenvalue weighted by Crippen LogP contribution is -2.30. The minimum absolute atomic E-state index is 0.611. The van der Waals surface area contributed by atoms with Crippen molar-refractivity contribution in [2.24, 2.45) is 5.92 Å². The van der Waals surface area contributed by atoms with E-state index in [2.05, 4.69) is 11.6 Å². The number of thioether (sulfide) groups is 1. The maximum absolute atomic E-state index is 5.34. The molecule has 2 fully saturated rings. The third kappa shape index (κ3) is 2.61. The van der Waals surface area contributed by atoms with Gasteiger partial charge in [0.15, 0.2) is 0 Å². The van der Waals surface area contributed by atoms with Crippen LogP contribution in [0.4, 0.5) is 0 Å². The minimum atomic E-state index is 0.611. The van der Waals surface area contributed by atoms with E-state index in [1.165, 1.54) is 25.8 Å². The van der Waals surface area contributed by atoms with Crippen LogP contribution in [0.5, 0.6) is 0 Å². The van der Waals surface area contributed by atoms with Crippen LogP contribution in [0.15, 0.2) is 0 Å². The van der Waals surface area contributed by atoms with E-state index in [1.54, 1.807) is 0 Å². The van der Waals surface area contributed by atoms with Crippen molar-refractivity contribution in [2.75, 3.05) is 32.6 Å². The zero-order chi connectivity index (χ0) is 9.15. The molecule has 1 aliphatic heterocycles. The van der Waals surface area contributed by atoms with Crippen LogP contribution >= 0.6 is 11.8 Å². The monoisotopic (exact) mass is 201 g/mol. The molecule has 1 heterocycles. The lowest BCUT2D eigenvalue weighted by molar-refractivity contribution is 0.185. The highest BCUT2D eigenvalue weighted by atomic mass is 32.2. The lowest BCUT2D eigenvalue weighted by atomic mass is 10.1. The van der Waals surface area contributed by atoms with Crippen molar-refractivity contribution in [2.45, 2.75) is 24.0 Å². The average Bonchev–Trinajstić information content (AvgIpc) is 2.74. The van der Waals surface area contributed by atoms with Crippen LogP contribution in [0.3, 0.4) is 0 Å². The third-order valence-corrected chi connectivity index (χ3v) is 4.56. The largest absolute Gasteiger partial charge is 0.381 e. The second-order valence-electron chi connectivity index (χ2n) is 4.25. The average molecular weight is 201 g/mol. The summed E-state index contributed by atoms with van der Waals surface area (Å²) in [6.45, 7) is 4.30. The van der Waals surface area contributed by atoms with Crippen LogP contribution in [-0.4, -0.2) is 37.3 Å². The molecule has 1 saturated carbocycles. The molecule has 2 aliphatic rings. The van der Waals surface area contributed by atoms with Crippen molar-refractivity contribution >= 4 is 11.8 Å². The predicted octanol–water partition coefficient (Wildman–Crippen LogP) is 1.51. The Kier molecular flexibility index (Phi) is 3.17. The molecule has 1 N–H and O–H groups in total. The summed E-state index contributed by atoms with van der Waals surface area (Å²) >= 11 is 2.03. The van der Waals surface area contributed by atoms with Crippen molar-refractivity contribution < 1.29 is 4.74 Å². The Morgan fingerprint density at radius 3 is 2.92 bits per heavy atom. The summed E-state index contributed by atoms with van der Waals surface area (Å²) in [5, 5.41) is 3.58. The first-order valence-corrected chi connectivity index (χ1v) is 6.41. The molecule has 1 atom stereocenters. The molecule has 3 heteroatoms. The van der Waals surface area contributed by atoms with Crippen LogP contribution in [0.2, 0.25) is 0 Å². The van der Waals surface area contributed by atoms with Gasteiger partial charge in [-0.2, -0.15) is 11.8 Å². The number of ether oxygens (including phenoxy) is 1. The summed E-state index contributed by atoms with van der Waals surface area (Å²) in [6, 6.07) is 0. The second kappa shape index (κ2) is 4.20. The topological polar surface area (TPSA) is 21.3 Å². The van der Waals surface area contributed by atoms with E-state index in [0.717, 1.165) is 25.7 Å². The summed E-state index contributed by atoms with van der Waals surface area (Å²) in [6.07, 6.45) is 6.29. The fraction of sp³-hybridized carbons (Fsp3) is 1.00. The molecule has 1 unspecified atom stereocenters. The molecule has 0 spiro atoms. The zero-order valence-electron chi connectivity index (χ0n) is 8.34. The Labute approximate surface area is 84.8 Å². The van der Waals surface area contributed by atoms with Gasteiger partial charge in [-0.1, -0.05) is 0 Å². The van der Waals surface area contributed by atoms with Gasteiger partial charge in [-0.15, -0.1) is 0 Å². The van der Waals surface area contributed by atoms with Crippen LogP contribution in [0.25, 0.3) is 0 Å². The first-order chi connectivity index (χ1) is 6.35. The smallest absolute Gasteiger partial charge is 0.0507 e. The van der Waals surface area contributed by atoms with E-state index in [9.17, 15) is 0 Å². The van der Waals surface area contributed by atoms with E-state index >= 15 is 0 Å². The van der Waals surface area contributed by atoms with Crippen LogP contribution in [0, 0.1) is 5.92 Å². The first kappa shape index (κ1) is 9.81. The molecule has 13 heavy (non-hydrogen) atoms. The Morgan fingerprint density at radius 2 is 2.38 bits per heavy atom. The van der Waals surface area contributed by atoms with E-state index in [1.807, 2.05) is 11.8 Å². The van der Waals surface area contributed by atoms with E-state index in [0.29, 0.717) is 4.75 Å². The van der Waals surface area contributed by atoms with Crippen molar-refractivity contribution in [3.05, 3.63) is 0 Å². The summed E-state index contributed by atoms with van der Waals surface area (Å²) in [7, 11) is 0. The van der Waals surface area contributed by atoms with Crippen molar-refractivity contribution in [3.8, 4) is 0 Å². The standard InChI is InChI=1S/C10H19NOS/c1-13-10(3-4-10)8-11-6-9-2-5-12-7-9/h9,11H,2-8H2,1H3. The SMILES string of the molecule is CSC1(CNCC2CCOC2)CC1. The number of hydrogen-bond donors (Lipinski definition) is 1. The molecule has 0 aromatic heterocycles. The molecule has 2 rings (SSSR count). The number of rotatable bonds is 5. The van der Waals surface area contributed by atoms with Gasteiger partial charge in [-0.25, -0.2) is 0 Å². The highest BCUT2D eigenvalue weighted by Gasteiger charge is 2.41. The van der Waals surface area contributed by atoms with E-state index in [-0.39, 0.29) is 0 Å². The fourth-order valence-electron chi connectivity index (χ4n) is 1.84. The minimum Gasteiger partial charge on any atom is -0.381 e. The zero-order valence-corrected chi connectivity index (χ0v) is 9.16. The fourth-order valence-corrected chi connectivity index (χ4v) is 2.60. The second-order valence-corrected chi connectivity index (χ2v) is 5.52. The Hall–Kier alpha value is 0.270. The molecular formula is C10H19NOS. The molecule has 2 nitrogen and oxygen atoms in total. The molecule has 0 bridgehead atoms. The van der Waals surface area contributed by atoms with Gasteiger partial charge in [0.25, 0.3) is 0 Å². The van der Waals surface area contributed by atoms with Crippen LogP contribution in [0.1, 0.15) is 19.3 Å². The normalized spacial score (nSPS) is 30.7. The Bertz CT molecular complexity index is 164. The van der Waals surface area contributed by atoms with Gasteiger partial charge in [-0.05, 0) is 31.4 Å². The third-order valence-electron chi connectivity index (χ3n) is 3.14. The predicted molar refractivity (Wildman–Crippen MR) is 57.3 cm³/mol. The number of hydrogen-bond acceptors (Lipinski definition) is 3. The molecule has 0 aromatic carbocycles. The van der Waals surface area contributed by atoms with Gasteiger partial charge >= 0.3 is 0 Å². The van der Waals surface area contributed by atoms with E-state index in [4.69, 9.17) is 4.74 Å². The molecule has 0 radical (unpaired) electrons. The van der Waals surface area contributed by atoms with Gasteiger partial charge in [0.2, 0.25) is 0 Å². The van der Waals surface area contributed by atoms with Gasteiger partial charge in [0.05, 0.1) is 6.61 Å². The quantitative estimate of drug-likeness (QED) is 0.728. The maximum Gasteiger partial charge on any atom is 0.0507 e. The summed E-state index contributed by atoms with van der Waals surface area (Å²) in [5.74, 6) is 0.776. The van der Waals surface area contributed by atoms with Crippen LogP contribution < -0.4 is 5.32 Å². The molecule has 1 aliphatic carbocycles. The summed E-state index contributed by atoms with van der Waals surface area (Å²) in [4.78, 5) is 0. The van der Waals surface area contributed by atoms with Crippen molar-refractivity contribution in [1.82, 2.24) is 5.32 Å². The van der Waals surface area contributed by atoms with Gasteiger partial charge in [-0.3, -0.25) is 0 Å². The molecule has 0 aromatic rings. The number of nitrogens with one attached hydrogen (secondary N) is 1. The molecule has 0 amide bonds. The van der Waals surface area contributed by atoms with Crippen LogP contribution in [-0.2, 0) is 4.74 Å².